The number of hydrogen-bond donors (Lipinski definition) is 0. The van der Waals surface area contributed by atoms with Crippen molar-refractivity contribution < 1.29 is 36.8 Å². The molecular weight excluding hydrogens is 355 g/mol. The number of hydrogen-bond acceptors (Lipinski definition) is 4. The maximum atomic E-state index is 9.59. The third kappa shape index (κ3) is 22.8. The van der Waals surface area contributed by atoms with E-state index in [0.29, 0.717) is 0 Å². The summed E-state index contributed by atoms with van der Waals surface area (Å²) in [4.78, 5) is 19.2. The topological polar surface area (TPSA) is 80.3 Å². The van der Waals surface area contributed by atoms with E-state index in [0.717, 1.165) is 0 Å². The van der Waals surface area contributed by atoms with Crippen LogP contribution in [0.1, 0.15) is 27.7 Å². The fourth-order valence-corrected chi connectivity index (χ4v) is 0. The zero-order chi connectivity index (χ0) is 10.3. The van der Waals surface area contributed by atoms with Gasteiger partial charge in [-0.15, -0.1) is 0 Å². The third-order valence-electron chi connectivity index (χ3n) is 0.943. The molecule has 4 nitrogen and oxygen atoms in total. The molecule has 0 aromatic rings. The molecular formula is C8H14BrInO4. The van der Waals surface area contributed by atoms with Gasteiger partial charge in [-0.05, 0) is 11.8 Å². The van der Waals surface area contributed by atoms with Gasteiger partial charge in [-0.25, -0.2) is 0 Å². The van der Waals surface area contributed by atoms with E-state index in [9.17, 15) is 19.8 Å². The third-order valence-corrected chi connectivity index (χ3v) is 0.943. The molecule has 0 fully saturated rings. The van der Waals surface area contributed by atoms with Crippen LogP contribution in [0.5, 0.6) is 0 Å². The quantitative estimate of drug-likeness (QED) is 0.491. The van der Waals surface area contributed by atoms with Crippen molar-refractivity contribution in [1.82, 2.24) is 0 Å². The maximum absolute atomic E-state index is 9.59. The van der Waals surface area contributed by atoms with Crippen LogP contribution in [0.15, 0.2) is 0 Å². The van der Waals surface area contributed by atoms with Crippen molar-refractivity contribution in [3.8, 4) is 0 Å². The molecule has 0 atom stereocenters. The summed E-state index contributed by atoms with van der Waals surface area (Å²) in [6.07, 6.45) is 0. The Balaban J connectivity index is -0.0000000625. The number of halogens is 1. The van der Waals surface area contributed by atoms with Crippen LogP contribution in [-0.2, 0) is 9.59 Å². The van der Waals surface area contributed by atoms with Crippen LogP contribution in [0.4, 0.5) is 0 Å². The second-order valence-corrected chi connectivity index (χ2v) is 2.95. The zero-order valence-corrected chi connectivity index (χ0v) is 13.6. The van der Waals surface area contributed by atoms with E-state index in [1.807, 2.05) is 0 Å². The molecule has 0 spiro atoms. The molecule has 80 valence electrons. The van der Waals surface area contributed by atoms with Gasteiger partial charge < -0.3 is 36.8 Å². The van der Waals surface area contributed by atoms with E-state index in [4.69, 9.17) is 0 Å². The van der Waals surface area contributed by atoms with Gasteiger partial charge in [-0.3, -0.25) is 0 Å². The fraction of sp³-hybridized carbons (Fsp3) is 0.750. The molecule has 0 rings (SSSR count). The van der Waals surface area contributed by atoms with Crippen LogP contribution in [0.25, 0.3) is 0 Å². The molecule has 6 heteroatoms. The van der Waals surface area contributed by atoms with E-state index in [1.54, 1.807) is 27.7 Å². The van der Waals surface area contributed by atoms with Crippen LogP contribution < -0.4 is 27.2 Å². The van der Waals surface area contributed by atoms with Crippen molar-refractivity contribution in [2.45, 2.75) is 27.7 Å². The van der Waals surface area contributed by atoms with Crippen molar-refractivity contribution in [2.75, 3.05) is 0 Å². The van der Waals surface area contributed by atoms with Crippen LogP contribution >= 0.6 is 0 Å². The average molecular weight is 369 g/mol. The average Bonchev–Trinajstić information content (AvgIpc) is 1.88. The first kappa shape index (κ1) is 23.8. The molecule has 0 heterocycles. The Hall–Kier alpha value is 0.290. The van der Waals surface area contributed by atoms with E-state index >= 15 is 0 Å². The Kier molecular flexibility index (Phi) is 22.6. The second-order valence-electron chi connectivity index (χ2n) is 2.95. The van der Waals surface area contributed by atoms with E-state index in [1.165, 1.54) is 0 Å². The molecule has 0 radical (unpaired) electrons. The monoisotopic (exact) mass is 368 g/mol. The minimum Gasteiger partial charge on any atom is -1.00 e. The maximum Gasteiger partial charge on any atom is 3.00 e. The smallest absolute Gasteiger partial charge is 1.00 e. The first-order valence-corrected chi connectivity index (χ1v) is 3.70. The van der Waals surface area contributed by atoms with Gasteiger partial charge in [0.2, 0.25) is 0 Å². The van der Waals surface area contributed by atoms with E-state index in [2.05, 4.69) is 0 Å². The summed E-state index contributed by atoms with van der Waals surface area (Å²) in [5, 5.41) is 19.2. The second kappa shape index (κ2) is 13.3. The molecule has 14 heavy (non-hydrogen) atoms. The molecule has 0 unspecified atom stereocenters. The van der Waals surface area contributed by atoms with E-state index < -0.39 is 11.9 Å². The SMILES string of the molecule is CC(C)C(=O)[O-].CC(C)C(=O)[O-].[Br-].[In+3]. The van der Waals surface area contributed by atoms with Crippen molar-refractivity contribution >= 4 is 37.8 Å². The van der Waals surface area contributed by atoms with Gasteiger partial charge in [-0.1, -0.05) is 27.7 Å². The van der Waals surface area contributed by atoms with Crippen LogP contribution in [-0.4, -0.2) is 37.8 Å². The summed E-state index contributed by atoms with van der Waals surface area (Å²) in [5.41, 5.74) is 0. The van der Waals surface area contributed by atoms with Crippen molar-refractivity contribution in [3.63, 3.8) is 0 Å². The Bertz CT molecular complexity index is 141. The van der Waals surface area contributed by atoms with Gasteiger partial charge in [0.25, 0.3) is 0 Å². The summed E-state index contributed by atoms with van der Waals surface area (Å²) in [5.74, 6) is -2.67. The van der Waals surface area contributed by atoms with Gasteiger partial charge >= 0.3 is 25.8 Å². The molecule has 0 aliphatic carbocycles. The minimum atomic E-state index is -0.991. The first-order valence-electron chi connectivity index (χ1n) is 3.70. The van der Waals surface area contributed by atoms with E-state index in [-0.39, 0.29) is 54.7 Å². The van der Waals surface area contributed by atoms with Crippen LogP contribution in [0, 0.1) is 11.8 Å². The molecule has 0 aliphatic rings. The molecule has 0 saturated heterocycles. The zero-order valence-electron chi connectivity index (χ0n) is 8.74. The number of carboxylic acid groups (broad SMARTS) is 2. The number of carbonyl (C=O) groups is 2. The Labute approximate surface area is 114 Å². The van der Waals surface area contributed by atoms with Gasteiger partial charge in [0.05, 0.1) is 0 Å². The molecule has 0 saturated carbocycles. The molecule has 0 aromatic carbocycles. The number of carboxylic acids is 2. The molecule has 0 aliphatic heterocycles. The summed E-state index contributed by atoms with van der Waals surface area (Å²) in [6, 6.07) is 0. The fourth-order valence-electron chi connectivity index (χ4n) is 0. The number of rotatable bonds is 2. The number of aliphatic carboxylic acids is 2. The Morgan fingerprint density at radius 1 is 0.857 bits per heavy atom. The minimum absolute atomic E-state index is 0. The normalized spacial score (nSPS) is 7.86. The summed E-state index contributed by atoms with van der Waals surface area (Å²) in [6.45, 7) is 6.31. The van der Waals surface area contributed by atoms with Crippen molar-refractivity contribution in [2.24, 2.45) is 11.8 Å². The van der Waals surface area contributed by atoms with Gasteiger partial charge in [0.15, 0.2) is 0 Å². The van der Waals surface area contributed by atoms with Crippen LogP contribution in [0.3, 0.4) is 0 Å². The molecule has 0 aromatic heterocycles. The van der Waals surface area contributed by atoms with Crippen LogP contribution in [0.2, 0.25) is 0 Å². The standard InChI is InChI=1S/2C4H8O2.BrH.In/c2*1-3(2)4(5)6;;/h2*3H,1-2H3,(H,5,6);1H;/q;;;+3/p-3. The Morgan fingerprint density at radius 3 is 0.929 bits per heavy atom. The first-order chi connectivity index (χ1) is 5.29. The molecule has 0 amide bonds. The van der Waals surface area contributed by atoms with Crippen molar-refractivity contribution in [1.29, 1.82) is 0 Å². The predicted molar refractivity (Wildman–Crippen MR) is 45.4 cm³/mol. The van der Waals surface area contributed by atoms with Gasteiger partial charge in [0.1, 0.15) is 0 Å². The molecule has 0 bridgehead atoms. The summed E-state index contributed by atoms with van der Waals surface area (Å²) < 4.78 is 0. The predicted octanol–water partition coefficient (Wildman–Crippen LogP) is -4.59. The van der Waals surface area contributed by atoms with Gasteiger partial charge in [0, 0.05) is 11.9 Å². The Morgan fingerprint density at radius 2 is 0.929 bits per heavy atom. The molecule has 0 N–H and O–H groups in total. The summed E-state index contributed by atoms with van der Waals surface area (Å²) in [7, 11) is 0. The van der Waals surface area contributed by atoms with Crippen molar-refractivity contribution in [3.05, 3.63) is 0 Å². The van der Waals surface area contributed by atoms with Gasteiger partial charge in [-0.2, -0.15) is 0 Å². The largest absolute Gasteiger partial charge is 3.00 e. The summed E-state index contributed by atoms with van der Waals surface area (Å²) >= 11 is 0. The number of carbonyl (C=O) groups excluding carboxylic acids is 2.